The molecule has 1 atom stereocenters. The SMILES string of the molecule is Cc1ccc(NS(=O)c2ccc(N)cc2)cc1. The molecule has 0 spiro atoms. The molecule has 0 saturated carbocycles. The van der Waals surface area contributed by atoms with Gasteiger partial charge in [-0.05, 0) is 43.3 Å². The number of rotatable bonds is 3. The predicted octanol–water partition coefficient (Wildman–Crippen LogP) is 2.71. The third-order valence-electron chi connectivity index (χ3n) is 2.36. The molecule has 0 heterocycles. The smallest absolute Gasteiger partial charge is 0.150 e. The Morgan fingerprint density at radius 2 is 1.59 bits per heavy atom. The summed E-state index contributed by atoms with van der Waals surface area (Å²) in [5, 5.41) is 0. The van der Waals surface area contributed by atoms with Gasteiger partial charge in [-0.1, -0.05) is 17.7 Å². The molecule has 2 aromatic rings. The van der Waals surface area contributed by atoms with Gasteiger partial charge in [0.2, 0.25) is 0 Å². The van der Waals surface area contributed by atoms with Crippen molar-refractivity contribution in [3.05, 3.63) is 54.1 Å². The molecular weight excluding hydrogens is 232 g/mol. The summed E-state index contributed by atoms with van der Waals surface area (Å²) in [6.45, 7) is 2.01. The molecule has 2 aromatic carbocycles. The van der Waals surface area contributed by atoms with Crippen molar-refractivity contribution in [2.24, 2.45) is 0 Å². The van der Waals surface area contributed by atoms with Crippen LogP contribution in [0, 0.1) is 6.92 Å². The van der Waals surface area contributed by atoms with Gasteiger partial charge < -0.3 is 10.5 Å². The van der Waals surface area contributed by atoms with Crippen LogP contribution in [0.3, 0.4) is 0 Å². The largest absolute Gasteiger partial charge is 0.399 e. The first-order chi connectivity index (χ1) is 8.15. The average Bonchev–Trinajstić information content (AvgIpc) is 2.33. The topological polar surface area (TPSA) is 55.1 Å². The van der Waals surface area contributed by atoms with Gasteiger partial charge >= 0.3 is 0 Å². The summed E-state index contributed by atoms with van der Waals surface area (Å²) >= 11 is 0. The molecule has 17 heavy (non-hydrogen) atoms. The molecule has 4 heteroatoms. The van der Waals surface area contributed by atoms with Crippen molar-refractivity contribution in [1.29, 1.82) is 0 Å². The second-order valence-corrected chi connectivity index (χ2v) is 5.02. The summed E-state index contributed by atoms with van der Waals surface area (Å²) in [5.41, 5.74) is 8.26. The molecule has 0 aliphatic rings. The van der Waals surface area contributed by atoms with Crippen molar-refractivity contribution in [2.75, 3.05) is 10.5 Å². The standard InChI is InChI=1S/C13H14N2OS/c1-10-2-6-12(7-3-10)15-17(16)13-8-4-11(14)5-9-13/h2-9,15H,14H2,1H3. The van der Waals surface area contributed by atoms with Crippen molar-refractivity contribution in [3.8, 4) is 0 Å². The maximum absolute atomic E-state index is 12.0. The minimum Gasteiger partial charge on any atom is -0.399 e. The predicted molar refractivity (Wildman–Crippen MR) is 72.1 cm³/mol. The van der Waals surface area contributed by atoms with Crippen LogP contribution in [0.4, 0.5) is 11.4 Å². The second kappa shape index (κ2) is 5.01. The van der Waals surface area contributed by atoms with Crippen molar-refractivity contribution in [1.82, 2.24) is 0 Å². The fourth-order valence-corrected chi connectivity index (χ4v) is 2.23. The summed E-state index contributed by atoms with van der Waals surface area (Å²) in [6, 6.07) is 14.8. The molecule has 3 N–H and O–H groups in total. The Bertz CT molecular complexity index is 520. The monoisotopic (exact) mass is 246 g/mol. The minimum absolute atomic E-state index is 0.668. The summed E-state index contributed by atoms with van der Waals surface area (Å²) < 4.78 is 14.9. The third-order valence-corrected chi connectivity index (χ3v) is 3.48. The highest BCUT2D eigenvalue weighted by Gasteiger charge is 2.03. The van der Waals surface area contributed by atoms with Crippen LogP contribution in [0.2, 0.25) is 0 Å². The second-order valence-electron chi connectivity index (χ2n) is 3.81. The maximum Gasteiger partial charge on any atom is 0.150 e. The fourth-order valence-electron chi connectivity index (χ4n) is 1.38. The minimum atomic E-state index is -1.25. The van der Waals surface area contributed by atoms with Gasteiger partial charge in [0.15, 0.2) is 0 Å². The highest BCUT2D eigenvalue weighted by Crippen LogP contribution is 2.14. The van der Waals surface area contributed by atoms with Crippen LogP contribution in [0.15, 0.2) is 53.4 Å². The van der Waals surface area contributed by atoms with E-state index in [1.165, 1.54) is 5.56 Å². The van der Waals surface area contributed by atoms with Crippen molar-refractivity contribution >= 4 is 22.4 Å². The zero-order valence-electron chi connectivity index (χ0n) is 9.51. The Kier molecular flexibility index (Phi) is 3.44. The van der Waals surface area contributed by atoms with Gasteiger partial charge in [0.05, 0.1) is 4.90 Å². The van der Waals surface area contributed by atoms with Crippen LogP contribution in [0.25, 0.3) is 0 Å². The van der Waals surface area contributed by atoms with Gasteiger partial charge in [0, 0.05) is 11.4 Å². The number of nitrogens with one attached hydrogen (secondary N) is 1. The molecule has 0 radical (unpaired) electrons. The molecule has 0 bridgehead atoms. The quantitative estimate of drug-likeness (QED) is 0.818. The molecule has 0 aliphatic carbocycles. The van der Waals surface area contributed by atoms with Gasteiger partial charge in [-0.15, -0.1) is 0 Å². The number of hydrogen-bond acceptors (Lipinski definition) is 2. The van der Waals surface area contributed by atoms with Crippen LogP contribution in [0.1, 0.15) is 5.56 Å². The third kappa shape index (κ3) is 3.07. The highest BCUT2D eigenvalue weighted by atomic mass is 32.2. The van der Waals surface area contributed by atoms with Crippen molar-refractivity contribution in [3.63, 3.8) is 0 Å². The van der Waals surface area contributed by atoms with E-state index in [0.29, 0.717) is 10.6 Å². The number of anilines is 2. The van der Waals surface area contributed by atoms with Gasteiger partial charge in [-0.2, -0.15) is 0 Å². The van der Waals surface area contributed by atoms with Gasteiger partial charge in [0.25, 0.3) is 0 Å². The maximum atomic E-state index is 12.0. The number of aryl methyl sites for hydroxylation is 1. The molecule has 1 unspecified atom stereocenters. The van der Waals surface area contributed by atoms with E-state index in [-0.39, 0.29) is 0 Å². The van der Waals surface area contributed by atoms with E-state index in [0.717, 1.165) is 5.69 Å². The molecule has 0 amide bonds. The van der Waals surface area contributed by atoms with E-state index in [1.54, 1.807) is 24.3 Å². The molecule has 0 aromatic heterocycles. The summed E-state index contributed by atoms with van der Waals surface area (Å²) in [5.74, 6) is 0. The van der Waals surface area contributed by atoms with Crippen molar-refractivity contribution in [2.45, 2.75) is 11.8 Å². The van der Waals surface area contributed by atoms with E-state index >= 15 is 0 Å². The lowest BCUT2D eigenvalue weighted by Gasteiger charge is -2.06. The van der Waals surface area contributed by atoms with Crippen molar-refractivity contribution < 1.29 is 4.21 Å². The van der Waals surface area contributed by atoms with Crippen LogP contribution in [-0.2, 0) is 11.0 Å². The van der Waals surface area contributed by atoms with E-state index < -0.39 is 11.0 Å². The zero-order chi connectivity index (χ0) is 12.3. The molecule has 0 saturated heterocycles. The Balaban J connectivity index is 2.11. The summed E-state index contributed by atoms with van der Waals surface area (Å²) in [6.07, 6.45) is 0. The molecule has 0 fully saturated rings. The lowest BCUT2D eigenvalue weighted by atomic mass is 10.2. The molecule has 3 nitrogen and oxygen atoms in total. The fraction of sp³-hybridized carbons (Fsp3) is 0.0769. The van der Waals surface area contributed by atoms with E-state index in [1.807, 2.05) is 31.2 Å². The first-order valence-electron chi connectivity index (χ1n) is 5.26. The normalized spacial score (nSPS) is 12.1. The van der Waals surface area contributed by atoms with E-state index in [2.05, 4.69) is 4.72 Å². The van der Waals surface area contributed by atoms with E-state index in [9.17, 15) is 4.21 Å². The molecule has 0 aliphatic heterocycles. The van der Waals surface area contributed by atoms with Gasteiger partial charge in [-0.25, -0.2) is 4.21 Å². The Hall–Kier alpha value is -1.81. The highest BCUT2D eigenvalue weighted by molar-refractivity contribution is 7.86. The zero-order valence-corrected chi connectivity index (χ0v) is 10.3. The average molecular weight is 246 g/mol. The number of nitrogens with two attached hydrogens (primary N) is 1. The first-order valence-corrected chi connectivity index (χ1v) is 6.41. The lowest BCUT2D eigenvalue weighted by molar-refractivity contribution is 0.686. The summed E-state index contributed by atoms with van der Waals surface area (Å²) in [4.78, 5) is 0.708. The van der Waals surface area contributed by atoms with Gasteiger partial charge in [0.1, 0.15) is 11.0 Å². The number of nitrogen functional groups attached to an aromatic ring is 1. The molecular formula is C13H14N2OS. The van der Waals surface area contributed by atoms with Crippen LogP contribution in [-0.4, -0.2) is 4.21 Å². The van der Waals surface area contributed by atoms with Gasteiger partial charge in [-0.3, -0.25) is 0 Å². The van der Waals surface area contributed by atoms with E-state index in [4.69, 9.17) is 5.73 Å². The Morgan fingerprint density at radius 3 is 2.18 bits per heavy atom. The van der Waals surface area contributed by atoms with Crippen LogP contribution < -0.4 is 10.5 Å². The Labute approximate surface area is 103 Å². The van der Waals surface area contributed by atoms with Crippen LogP contribution in [0.5, 0.6) is 0 Å². The van der Waals surface area contributed by atoms with Crippen LogP contribution >= 0.6 is 0 Å². The molecule has 88 valence electrons. The lowest BCUT2D eigenvalue weighted by Crippen LogP contribution is -2.04. The Morgan fingerprint density at radius 1 is 1.00 bits per heavy atom. The number of benzene rings is 2. The summed E-state index contributed by atoms with van der Waals surface area (Å²) in [7, 11) is -1.25. The number of hydrogen-bond donors (Lipinski definition) is 2. The molecule has 2 rings (SSSR count). The first kappa shape index (κ1) is 11.7.